The Morgan fingerprint density at radius 3 is 2.89 bits per heavy atom. The van der Waals surface area contributed by atoms with Crippen LogP contribution < -0.4 is 5.32 Å². The van der Waals surface area contributed by atoms with Gasteiger partial charge < -0.3 is 10.2 Å². The molecule has 0 spiro atoms. The first-order valence-corrected chi connectivity index (χ1v) is 7.90. The third kappa shape index (κ3) is 3.56. The molecule has 0 radical (unpaired) electrons. The van der Waals surface area contributed by atoms with Gasteiger partial charge in [-0.05, 0) is 71.9 Å². The summed E-state index contributed by atoms with van der Waals surface area (Å²) < 4.78 is 13.9. The van der Waals surface area contributed by atoms with Crippen LogP contribution in [0.5, 0.6) is 0 Å². The Balaban J connectivity index is 1.41. The van der Waals surface area contributed by atoms with Crippen molar-refractivity contribution in [1.29, 1.82) is 0 Å². The zero-order valence-electron chi connectivity index (χ0n) is 11.0. The van der Waals surface area contributed by atoms with E-state index in [1.807, 2.05) is 6.07 Å². The fourth-order valence-electron chi connectivity index (χ4n) is 2.87. The third-order valence-electron chi connectivity index (χ3n) is 4.13. The molecule has 19 heavy (non-hydrogen) atoms. The second-order valence-corrected chi connectivity index (χ2v) is 6.61. The van der Waals surface area contributed by atoms with Crippen LogP contribution in [0.2, 0.25) is 0 Å². The lowest BCUT2D eigenvalue weighted by molar-refractivity contribution is 0.312. The minimum absolute atomic E-state index is 0.180. The van der Waals surface area contributed by atoms with Crippen LogP contribution >= 0.6 is 15.9 Å². The number of nitrogens with one attached hydrogen (secondary N) is 1. The Kier molecular flexibility index (Phi) is 4.20. The molecule has 1 aromatic rings. The van der Waals surface area contributed by atoms with Crippen LogP contribution in [0.4, 0.5) is 4.39 Å². The first kappa shape index (κ1) is 13.5. The number of rotatable bonds is 5. The minimum Gasteiger partial charge on any atom is -0.312 e. The summed E-state index contributed by atoms with van der Waals surface area (Å²) in [6, 6.07) is 6.23. The van der Waals surface area contributed by atoms with Crippen LogP contribution in [0.15, 0.2) is 22.7 Å². The Morgan fingerprint density at radius 1 is 1.32 bits per heavy atom. The van der Waals surface area contributed by atoms with Crippen LogP contribution in [0.3, 0.4) is 0 Å². The molecule has 1 aliphatic heterocycles. The van der Waals surface area contributed by atoms with E-state index < -0.39 is 0 Å². The number of likely N-dealkylation sites (tertiary alicyclic amines) is 1. The SMILES string of the molecule is Fc1cc(CNCC2CCN(C3CC3)C2)ccc1Br. The van der Waals surface area contributed by atoms with Gasteiger partial charge >= 0.3 is 0 Å². The van der Waals surface area contributed by atoms with Crippen molar-refractivity contribution in [3.8, 4) is 0 Å². The molecule has 3 rings (SSSR count). The van der Waals surface area contributed by atoms with E-state index in [-0.39, 0.29) is 5.82 Å². The third-order valence-corrected chi connectivity index (χ3v) is 4.77. The molecule has 1 aliphatic carbocycles. The van der Waals surface area contributed by atoms with Gasteiger partial charge in [-0.3, -0.25) is 0 Å². The normalized spacial score (nSPS) is 24.0. The van der Waals surface area contributed by atoms with Crippen LogP contribution in [-0.2, 0) is 6.54 Å². The van der Waals surface area contributed by atoms with Gasteiger partial charge in [-0.2, -0.15) is 0 Å². The smallest absolute Gasteiger partial charge is 0.137 e. The van der Waals surface area contributed by atoms with E-state index in [9.17, 15) is 4.39 Å². The molecule has 0 aromatic heterocycles. The lowest BCUT2D eigenvalue weighted by Gasteiger charge is -2.15. The van der Waals surface area contributed by atoms with Crippen molar-refractivity contribution in [3.63, 3.8) is 0 Å². The largest absolute Gasteiger partial charge is 0.312 e. The van der Waals surface area contributed by atoms with Crippen molar-refractivity contribution in [2.45, 2.75) is 31.8 Å². The van der Waals surface area contributed by atoms with Crippen LogP contribution in [0.25, 0.3) is 0 Å². The highest BCUT2D eigenvalue weighted by Crippen LogP contribution is 2.31. The molecule has 0 amide bonds. The van der Waals surface area contributed by atoms with E-state index in [0.29, 0.717) is 4.47 Å². The second-order valence-electron chi connectivity index (χ2n) is 5.76. The lowest BCUT2D eigenvalue weighted by Crippen LogP contribution is -2.27. The summed E-state index contributed by atoms with van der Waals surface area (Å²) in [7, 11) is 0. The fourth-order valence-corrected chi connectivity index (χ4v) is 3.12. The van der Waals surface area contributed by atoms with E-state index in [1.54, 1.807) is 12.1 Å². The Bertz CT molecular complexity index is 448. The maximum Gasteiger partial charge on any atom is 0.137 e. The monoisotopic (exact) mass is 326 g/mol. The van der Waals surface area contributed by atoms with E-state index in [0.717, 1.165) is 30.6 Å². The van der Waals surface area contributed by atoms with Crippen molar-refractivity contribution in [1.82, 2.24) is 10.2 Å². The molecule has 4 heteroatoms. The molecule has 1 atom stereocenters. The predicted molar refractivity (Wildman–Crippen MR) is 78.5 cm³/mol. The van der Waals surface area contributed by atoms with Crippen molar-refractivity contribution in [3.05, 3.63) is 34.1 Å². The summed E-state index contributed by atoms with van der Waals surface area (Å²) in [6.45, 7) is 4.31. The van der Waals surface area contributed by atoms with Crippen LogP contribution in [0, 0.1) is 11.7 Å². The van der Waals surface area contributed by atoms with Gasteiger partial charge in [-0.1, -0.05) is 6.07 Å². The van der Waals surface area contributed by atoms with Gasteiger partial charge in [-0.25, -0.2) is 4.39 Å². The van der Waals surface area contributed by atoms with E-state index in [4.69, 9.17) is 0 Å². The highest BCUT2D eigenvalue weighted by Gasteiger charge is 2.33. The number of nitrogens with zero attached hydrogens (tertiary/aromatic N) is 1. The molecule has 0 bridgehead atoms. The standard InChI is InChI=1S/C15H20BrFN2/c16-14-4-1-11(7-15(14)17)8-18-9-12-5-6-19(10-12)13-2-3-13/h1,4,7,12-13,18H,2-3,5-6,8-10H2. The van der Waals surface area contributed by atoms with E-state index >= 15 is 0 Å². The highest BCUT2D eigenvalue weighted by molar-refractivity contribution is 9.10. The molecule has 1 saturated heterocycles. The topological polar surface area (TPSA) is 15.3 Å². The van der Waals surface area contributed by atoms with Crippen molar-refractivity contribution < 1.29 is 4.39 Å². The predicted octanol–water partition coefficient (Wildman–Crippen LogP) is 3.16. The number of halogens is 2. The molecule has 2 fully saturated rings. The molecule has 2 aliphatic rings. The van der Waals surface area contributed by atoms with Crippen molar-refractivity contribution >= 4 is 15.9 Å². The lowest BCUT2D eigenvalue weighted by atomic mass is 10.1. The second kappa shape index (κ2) is 5.90. The maximum absolute atomic E-state index is 13.4. The molecule has 1 aromatic carbocycles. The van der Waals surface area contributed by atoms with Gasteiger partial charge in [0, 0.05) is 19.1 Å². The van der Waals surface area contributed by atoms with Crippen LogP contribution in [0.1, 0.15) is 24.8 Å². The van der Waals surface area contributed by atoms with Crippen molar-refractivity contribution in [2.75, 3.05) is 19.6 Å². The first-order valence-electron chi connectivity index (χ1n) is 7.11. The summed E-state index contributed by atoms with van der Waals surface area (Å²) in [5.41, 5.74) is 1.01. The molecular weight excluding hydrogens is 307 g/mol. The van der Waals surface area contributed by atoms with Gasteiger partial charge in [0.25, 0.3) is 0 Å². The molecule has 1 N–H and O–H groups in total. The maximum atomic E-state index is 13.4. The Hall–Kier alpha value is -0.450. The summed E-state index contributed by atoms with van der Waals surface area (Å²) in [5, 5.41) is 3.46. The summed E-state index contributed by atoms with van der Waals surface area (Å²) in [6.07, 6.45) is 4.11. The fraction of sp³-hybridized carbons (Fsp3) is 0.600. The Morgan fingerprint density at radius 2 is 2.16 bits per heavy atom. The average Bonchev–Trinajstić information content (AvgIpc) is 3.14. The first-order chi connectivity index (χ1) is 9.22. The van der Waals surface area contributed by atoms with E-state index in [2.05, 4.69) is 26.1 Å². The number of hydrogen-bond acceptors (Lipinski definition) is 2. The van der Waals surface area contributed by atoms with Crippen molar-refractivity contribution in [2.24, 2.45) is 5.92 Å². The summed E-state index contributed by atoms with van der Waals surface area (Å²) in [4.78, 5) is 2.63. The van der Waals surface area contributed by atoms with Crippen LogP contribution in [-0.4, -0.2) is 30.6 Å². The van der Waals surface area contributed by atoms with Gasteiger partial charge in [0.1, 0.15) is 5.82 Å². The molecule has 2 nitrogen and oxygen atoms in total. The zero-order valence-corrected chi connectivity index (χ0v) is 12.6. The summed E-state index contributed by atoms with van der Waals surface area (Å²) in [5.74, 6) is 0.584. The van der Waals surface area contributed by atoms with Gasteiger partial charge in [0.15, 0.2) is 0 Å². The average molecular weight is 327 g/mol. The molecule has 1 unspecified atom stereocenters. The Labute approximate surface area is 122 Å². The molecule has 1 heterocycles. The summed E-state index contributed by atoms with van der Waals surface area (Å²) >= 11 is 3.18. The molecular formula is C15H20BrFN2. The van der Waals surface area contributed by atoms with Gasteiger partial charge in [-0.15, -0.1) is 0 Å². The highest BCUT2D eigenvalue weighted by atomic mass is 79.9. The number of hydrogen-bond donors (Lipinski definition) is 1. The van der Waals surface area contributed by atoms with Gasteiger partial charge in [0.2, 0.25) is 0 Å². The van der Waals surface area contributed by atoms with Gasteiger partial charge in [0.05, 0.1) is 4.47 Å². The minimum atomic E-state index is -0.180. The molecule has 104 valence electrons. The number of benzene rings is 1. The zero-order chi connectivity index (χ0) is 13.2. The van der Waals surface area contributed by atoms with E-state index in [1.165, 1.54) is 32.4 Å². The quantitative estimate of drug-likeness (QED) is 0.894. The molecule has 1 saturated carbocycles.